The minimum atomic E-state index is -4.20. The smallest absolute Gasteiger partial charge is 0.265 e. The SMILES string of the molecule is CNC(=O)C(C)Cn1cnc2ccc(-c3cnc(OC)c(NS(=O)(=O)c4c(Cl)cccc4Cl)c3)cc2c1=O. The van der Waals surface area contributed by atoms with Crippen LogP contribution >= 0.6 is 23.2 Å². The monoisotopic (exact) mass is 575 g/mol. The third kappa shape index (κ3) is 5.45. The van der Waals surface area contributed by atoms with E-state index in [9.17, 15) is 18.0 Å². The summed E-state index contributed by atoms with van der Waals surface area (Å²) < 4.78 is 35.3. The van der Waals surface area contributed by atoms with Crippen molar-refractivity contribution in [3.8, 4) is 17.0 Å². The standard InChI is InChI=1S/C25H23Cl2N5O5S/c1-14(23(33)28-2)12-32-13-30-20-8-7-15(9-17(20)25(32)34)16-10-21(24(37-3)29-11-16)31-38(35,36)22-18(26)5-4-6-19(22)27/h4-11,13-14,31H,12H2,1-3H3,(H,28,33). The summed E-state index contributed by atoms with van der Waals surface area (Å²) in [4.78, 5) is 33.4. The number of aromatic nitrogens is 3. The van der Waals surface area contributed by atoms with E-state index < -0.39 is 15.9 Å². The van der Waals surface area contributed by atoms with Crippen molar-refractivity contribution in [2.45, 2.75) is 18.4 Å². The van der Waals surface area contributed by atoms with Gasteiger partial charge >= 0.3 is 0 Å². The first-order valence-corrected chi connectivity index (χ1v) is 13.5. The molecule has 2 aromatic carbocycles. The molecular formula is C25H23Cl2N5O5S. The molecule has 1 atom stereocenters. The van der Waals surface area contributed by atoms with Crippen LogP contribution in [0.5, 0.6) is 5.88 Å². The predicted molar refractivity (Wildman–Crippen MR) is 146 cm³/mol. The summed E-state index contributed by atoms with van der Waals surface area (Å²) >= 11 is 12.2. The highest BCUT2D eigenvalue weighted by Gasteiger charge is 2.24. The summed E-state index contributed by atoms with van der Waals surface area (Å²) in [5.74, 6) is -0.607. The molecule has 4 rings (SSSR count). The average molecular weight is 576 g/mol. The van der Waals surface area contributed by atoms with E-state index in [-0.39, 0.29) is 44.5 Å². The van der Waals surface area contributed by atoms with Crippen molar-refractivity contribution in [1.29, 1.82) is 0 Å². The Hall–Kier alpha value is -3.67. The molecule has 2 aromatic heterocycles. The van der Waals surface area contributed by atoms with Crippen molar-refractivity contribution in [1.82, 2.24) is 19.9 Å². The van der Waals surface area contributed by atoms with Crippen LogP contribution in [-0.4, -0.2) is 43.0 Å². The molecule has 0 aliphatic carbocycles. The second-order valence-electron chi connectivity index (χ2n) is 8.39. The van der Waals surface area contributed by atoms with Gasteiger partial charge in [-0.1, -0.05) is 42.3 Å². The van der Waals surface area contributed by atoms with E-state index in [0.717, 1.165) is 0 Å². The minimum absolute atomic E-state index is 0.0218. The number of ether oxygens (including phenoxy) is 1. The van der Waals surface area contributed by atoms with Crippen LogP contribution in [0.2, 0.25) is 10.0 Å². The van der Waals surface area contributed by atoms with Crippen LogP contribution in [0.4, 0.5) is 5.69 Å². The summed E-state index contributed by atoms with van der Waals surface area (Å²) in [7, 11) is -1.32. The van der Waals surface area contributed by atoms with Crippen LogP contribution in [0, 0.1) is 5.92 Å². The zero-order valence-electron chi connectivity index (χ0n) is 20.5. The molecule has 38 heavy (non-hydrogen) atoms. The fraction of sp³-hybridized carbons (Fsp3) is 0.200. The number of carbonyl (C=O) groups is 1. The van der Waals surface area contributed by atoms with E-state index in [2.05, 4.69) is 20.0 Å². The molecule has 0 spiro atoms. The number of methoxy groups -OCH3 is 1. The van der Waals surface area contributed by atoms with Crippen LogP contribution in [-0.2, 0) is 21.4 Å². The van der Waals surface area contributed by atoms with E-state index in [1.807, 2.05) is 0 Å². The molecule has 4 aromatic rings. The van der Waals surface area contributed by atoms with Gasteiger partial charge in [0.25, 0.3) is 15.6 Å². The third-order valence-corrected chi connectivity index (χ3v) is 8.12. The van der Waals surface area contributed by atoms with Crippen molar-refractivity contribution >= 4 is 55.7 Å². The van der Waals surface area contributed by atoms with Gasteiger partial charge in [0.05, 0.1) is 40.3 Å². The fourth-order valence-corrected chi connectivity index (χ4v) is 6.07. The van der Waals surface area contributed by atoms with Gasteiger partial charge in [0, 0.05) is 25.4 Å². The number of rotatable bonds is 8. The first kappa shape index (κ1) is 27.4. The van der Waals surface area contributed by atoms with Crippen LogP contribution in [0.15, 0.2) is 64.7 Å². The summed E-state index contributed by atoms with van der Waals surface area (Å²) in [6.45, 7) is 1.87. The lowest BCUT2D eigenvalue weighted by Gasteiger charge is -2.15. The van der Waals surface area contributed by atoms with Crippen molar-refractivity contribution in [3.05, 3.63) is 75.4 Å². The second kappa shape index (κ2) is 11.0. The predicted octanol–water partition coefficient (Wildman–Crippen LogP) is 3.96. The average Bonchev–Trinajstić information content (AvgIpc) is 2.89. The molecule has 2 heterocycles. The maximum atomic E-state index is 13.2. The van der Waals surface area contributed by atoms with Gasteiger partial charge in [0.2, 0.25) is 11.8 Å². The number of pyridine rings is 1. The van der Waals surface area contributed by atoms with Crippen molar-refractivity contribution in [2.75, 3.05) is 18.9 Å². The Morgan fingerprint density at radius 3 is 2.47 bits per heavy atom. The van der Waals surface area contributed by atoms with Gasteiger partial charge in [-0.25, -0.2) is 18.4 Å². The first-order chi connectivity index (χ1) is 18.1. The Bertz CT molecular complexity index is 1690. The first-order valence-electron chi connectivity index (χ1n) is 11.3. The molecule has 10 nitrogen and oxygen atoms in total. The van der Waals surface area contributed by atoms with Crippen molar-refractivity contribution in [3.63, 3.8) is 0 Å². The molecule has 0 saturated heterocycles. The third-order valence-electron chi connectivity index (χ3n) is 5.80. The maximum Gasteiger partial charge on any atom is 0.265 e. The van der Waals surface area contributed by atoms with Crippen LogP contribution in [0.1, 0.15) is 6.92 Å². The Labute approximate surface area is 228 Å². The highest BCUT2D eigenvalue weighted by Crippen LogP contribution is 2.34. The highest BCUT2D eigenvalue weighted by atomic mass is 35.5. The number of fused-ring (bicyclic) bond motifs is 1. The van der Waals surface area contributed by atoms with Gasteiger partial charge in [-0.05, 0) is 35.9 Å². The van der Waals surface area contributed by atoms with Crippen molar-refractivity contribution < 1.29 is 17.9 Å². The van der Waals surface area contributed by atoms with E-state index >= 15 is 0 Å². The lowest BCUT2D eigenvalue weighted by atomic mass is 10.0. The summed E-state index contributed by atoms with van der Waals surface area (Å²) in [6, 6.07) is 10.9. The summed E-state index contributed by atoms with van der Waals surface area (Å²) in [5.41, 5.74) is 1.29. The van der Waals surface area contributed by atoms with Gasteiger partial charge in [-0.15, -0.1) is 0 Å². The number of nitrogens with zero attached hydrogens (tertiary/aromatic N) is 3. The molecule has 1 amide bonds. The Kier molecular flexibility index (Phi) is 7.91. The summed E-state index contributed by atoms with van der Waals surface area (Å²) in [6.07, 6.45) is 2.90. The Morgan fingerprint density at radius 1 is 1.11 bits per heavy atom. The quantitative estimate of drug-likeness (QED) is 0.325. The molecule has 0 aliphatic rings. The van der Waals surface area contributed by atoms with Gasteiger partial charge in [-0.3, -0.25) is 18.9 Å². The zero-order chi connectivity index (χ0) is 27.6. The number of carbonyl (C=O) groups excluding carboxylic acids is 1. The Balaban J connectivity index is 1.75. The van der Waals surface area contributed by atoms with E-state index in [1.165, 1.54) is 55.5 Å². The van der Waals surface area contributed by atoms with Gasteiger partial charge < -0.3 is 10.1 Å². The molecular weight excluding hydrogens is 553 g/mol. The Morgan fingerprint density at radius 2 is 1.82 bits per heavy atom. The molecule has 2 N–H and O–H groups in total. The number of hydrogen-bond acceptors (Lipinski definition) is 7. The number of halogens is 2. The number of hydrogen-bond donors (Lipinski definition) is 2. The van der Waals surface area contributed by atoms with Gasteiger partial charge in [0.15, 0.2) is 0 Å². The molecule has 198 valence electrons. The largest absolute Gasteiger partial charge is 0.480 e. The fourth-order valence-electron chi connectivity index (χ4n) is 3.87. The molecule has 0 aliphatic heterocycles. The number of sulfonamides is 1. The number of amides is 1. The molecule has 0 radical (unpaired) electrons. The zero-order valence-corrected chi connectivity index (χ0v) is 22.9. The van der Waals surface area contributed by atoms with Gasteiger partial charge in [0.1, 0.15) is 10.6 Å². The van der Waals surface area contributed by atoms with Crippen LogP contribution in [0.3, 0.4) is 0 Å². The van der Waals surface area contributed by atoms with Crippen molar-refractivity contribution in [2.24, 2.45) is 5.92 Å². The number of benzene rings is 2. The molecule has 1 unspecified atom stereocenters. The lowest BCUT2D eigenvalue weighted by Crippen LogP contribution is -2.32. The number of nitrogens with one attached hydrogen (secondary N) is 2. The van der Waals surface area contributed by atoms with E-state index in [1.54, 1.807) is 25.1 Å². The normalized spacial score (nSPS) is 12.2. The lowest BCUT2D eigenvalue weighted by molar-refractivity contribution is -0.124. The maximum absolute atomic E-state index is 13.2. The molecule has 13 heteroatoms. The molecule has 0 fully saturated rings. The summed E-state index contributed by atoms with van der Waals surface area (Å²) in [5, 5.41) is 2.80. The number of anilines is 1. The van der Waals surface area contributed by atoms with E-state index in [0.29, 0.717) is 22.0 Å². The van der Waals surface area contributed by atoms with E-state index in [4.69, 9.17) is 27.9 Å². The second-order valence-corrected chi connectivity index (χ2v) is 10.8. The molecule has 0 bridgehead atoms. The topological polar surface area (TPSA) is 132 Å². The molecule has 0 saturated carbocycles. The van der Waals surface area contributed by atoms with Gasteiger partial charge in [-0.2, -0.15) is 0 Å². The highest BCUT2D eigenvalue weighted by molar-refractivity contribution is 7.93. The minimum Gasteiger partial charge on any atom is -0.480 e. The van der Waals surface area contributed by atoms with Crippen LogP contribution in [0.25, 0.3) is 22.0 Å². The van der Waals surface area contributed by atoms with Crippen LogP contribution < -0.4 is 20.3 Å².